The van der Waals surface area contributed by atoms with Gasteiger partial charge >= 0.3 is 0 Å². The van der Waals surface area contributed by atoms with Crippen LogP contribution in [0.1, 0.15) is 25.8 Å². The van der Waals surface area contributed by atoms with E-state index in [0.717, 1.165) is 12.8 Å². The summed E-state index contributed by atoms with van der Waals surface area (Å²) in [5.41, 5.74) is 1.26. The Balaban J connectivity index is 2.78. The van der Waals surface area contributed by atoms with Crippen LogP contribution in [0, 0.1) is 5.41 Å². The number of aliphatic hydroxyl groups is 1. The minimum atomic E-state index is 0.0899. The van der Waals surface area contributed by atoms with Crippen LogP contribution in [0.2, 0.25) is 5.02 Å². The molecule has 0 aliphatic heterocycles. The first-order chi connectivity index (χ1) is 7.48. The maximum Gasteiger partial charge on any atom is 0.137 e. The smallest absolute Gasteiger partial charge is 0.137 e. The summed E-state index contributed by atoms with van der Waals surface area (Å²) in [4.78, 5) is 0. The van der Waals surface area contributed by atoms with Gasteiger partial charge in [-0.05, 0) is 36.0 Å². The summed E-state index contributed by atoms with van der Waals surface area (Å²) in [5.74, 6) is 0.699. The van der Waals surface area contributed by atoms with Gasteiger partial charge in [0, 0.05) is 6.61 Å². The number of hydrogen-bond donors (Lipinski definition) is 1. The standard InChI is InChI=1S/C13H19ClO2/c1-13(2,6-7-15)9-10-4-5-12(16-3)11(14)8-10/h4-5,8,15H,6-7,9H2,1-3H3. The van der Waals surface area contributed by atoms with Crippen LogP contribution in [0.15, 0.2) is 18.2 Å². The number of methoxy groups -OCH3 is 1. The van der Waals surface area contributed by atoms with Gasteiger partial charge in [-0.2, -0.15) is 0 Å². The first-order valence-corrected chi connectivity index (χ1v) is 5.79. The molecular weight excluding hydrogens is 224 g/mol. The van der Waals surface area contributed by atoms with Gasteiger partial charge in [0.1, 0.15) is 5.75 Å². The lowest BCUT2D eigenvalue weighted by atomic mass is 9.83. The van der Waals surface area contributed by atoms with Crippen molar-refractivity contribution in [3.05, 3.63) is 28.8 Å². The van der Waals surface area contributed by atoms with Gasteiger partial charge in [-0.3, -0.25) is 0 Å². The zero-order chi connectivity index (χ0) is 12.2. The van der Waals surface area contributed by atoms with E-state index in [0.29, 0.717) is 10.8 Å². The molecule has 90 valence electrons. The SMILES string of the molecule is COc1ccc(CC(C)(C)CCO)cc1Cl. The van der Waals surface area contributed by atoms with Crippen LogP contribution in [0.4, 0.5) is 0 Å². The fourth-order valence-corrected chi connectivity index (χ4v) is 2.04. The lowest BCUT2D eigenvalue weighted by molar-refractivity contribution is 0.211. The second-order valence-corrected chi connectivity index (χ2v) is 5.19. The Bertz CT molecular complexity index is 348. The third-order valence-electron chi connectivity index (χ3n) is 2.69. The third-order valence-corrected chi connectivity index (χ3v) is 2.98. The normalized spacial score (nSPS) is 11.6. The lowest BCUT2D eigenvalue weighted by Gasteiger charge is -2.23. The molecule has 0 bridgehead atoms. The fraction of sp³-hybridized carbons (Fsp3) is 0.538. The third kappa shape index (κ3) is 3.69. The molecule has 1 aromatic carbocycles. The zero-order valence-electron chi connectivity index (χ0n) is 10.1. The number of rotatable bonds is 5. The van der Waals surface area contributed by atoms with Crippen LogP contribution >= 0.6 is 11.6 Å². The molecule has 0 atom stereocenters. The van der Waals surface area contributed by atoms with E-state index in [1.54, 1.807) is 7.11 Å². The number of hydrogen-bond acceptors (Lipinski definition) is 2. The highest BCUT2D eigenvalue weighted by atomic mass is 35.5. The predicted octanol–water partition coefficient (Wildman–Crippen LogP) is 3.30. The summed E-state index contributed by atoms with van der Waals surface area (Å²) in [6.07, 6.45) is 1.69. The minimum absolute atomic E-state index is 0.0899. The van der Waals surface area contributed by atoms with E-state index >= 15 is 0 Å². The highest BCUT2D eigenvalue weighted by Crippen LogP contribution is 2.30. The van der Waals surface area contributed by atoms with Gasteiger partial charge in [0.2, 0.25) is 0 Å². The van der Waals surface area contributed by atoms with Gasteiger partial charge in [0.15, 0.2) is 0 Å². The van der Waals surface area contributed by atoms with Crippen molar-refractivity contribution in [2.24, 2.45) is 5.41 Å². The van der Waals surface area contributed by atoms with Crippen LogP contribution in [0.25, 0.3) is 0 Å². The van der Waals surface area contributed by atoms with Crippen LogP contribution in [-0.2, 0) is 6.42 Å². The largest absolute Gasteiger partial charge is 0.495 e. The van der Waals surface area contributed by atoms with E-state index in [-0.39, 0.29) is 12.0 Å². The molecule has 2 nitrogen and oxygen atoms in total. The molecule has 0 amide bonds. The summed E-state index contributed by atoms with van der Waals surface area (Å²) in [7, 11) is 1.61. The first-order valence-electron chi connectivity index (χ1n) is 5.42. The molecule has 0 saturated carbocycles. The van der Waals surface area contributed by atoms with Crippen LogP contribution in [0.5, 0.6) is 5.75 Å². The number of ether oxygens (including phenoxy) is 1. The van der Waals surface area contributed by atoms with Crippen molar-refractivity contribution in [1.29, 1.82) is 0 Å². The molecule has 16 heavy (non-hydrogen) atoms. The second-order valence-electron chi connectivity index (χ2n) is 4.78. The van der Waals surface area contributed by atoms with E-state index in [1.807, 2.05) is 18.2 Å². The van der Waals surface area contributed by atoms with Gasteiger partial charge < -0.3 is 9.84 Å². The molecule has 0 heterocycles. The fourth-order valence-electron chi connectivity index (χ4n) is 1.76. The average Bonchev–Trinajstić information content (AvgIpc) is 2.17. The molecule has 0 spiro atoms. The molecule has 1 aromatic rings. The Kier molecular flexibility index (Phi) is 4.63. The monoisotopic (exact) mass is 242 g/mol. The highest BCUT2D eigenvalue weighted by Gasteiger charge is 2.18. The molecule has 0 aliphatic rings. The maximum absolute atomic E-state index is 8.97. The van der Waals surface area contributed by atoms with E-state index in [2.05, 4.69) is 13.8 Å². The summed E-state index contributed by atoms with van der Waals surface area (Å²) in [6.45, 7) is 4.50. The summed E-state index contributed by atoms with van der Waals surface area (Å²) < 4.78 is 5.11. The predicted molar refractivity (Wildman–Crippen MR) is 67.2 cm³/mol. The maximum atomic E-state index is 8.97. The number of benzene rings is 1. The van der Waals surface area contributed by atoms with Gasteiger partial charge in [-0.1, -0.05) is 31.5 Å². The van der Waals surface area contributed by atoms with Crippen molar-refractivity contribution in [1.82, 2.24) is 0 Å². The Labute approximate surface area is 102 Å². The van der Waals surface area contributed by atoms with Crippen LogP contribution in [-0.4, -0.2) is 18.8 Å². The van der Waals surface area contributed by atoms with E-state index in [4.69, 9.17) is 21.4 Å². The Hall–Kier alpha value is -0.730. The number of aliphatic hydroxyl groups excluding tert-OH is 1. The summed E-state index contributed by atoms with van der Waals surface area (Å²) in [6, 6.07) is 5.83. The van der Waals surface area contributed by atoms with Crippen molar-refractivity contribution < 1.29 is 9.84 Å². The van der Waals surface area contributed by atoms with Crippen LogP contribution < -0.4 is 4.74 Å². The average molecular weight is 243 g/mol. The molecule has 0 fully saturated rings. The molecule has 0 radical (unpaired) electrons. The zero-order valence-corrected chi connectivity index (χ0v) is 10.8. The Morgan fingerprint density at radius 2 is 2.06 bits per heavy atom. The Morgan fingerprint density at radius 3 is 2.56 bits per heavy atom. The topological polar surface area (TPSA) is 29.5 Å². The molecular formula is C13H19ClO2. The van der Waals surface area contributed by atoms with E-state index in [9.17, 15) is 0 Å². The lowest BCUT2D eigenvalue weighted by Crippen LogP contribution is -2.16. The first kappa shape index (κ1) is 13.3. The van der Waals surface area contributed by atoms with Crippen molar-refractivity contribution in [2.45, 2.75) is 26.7 Å². The van der Waals surface area contributed by atoms with Crippen molar-refractivity contribution in [2.75, 3.05) is 13.7 Å². The van der Waals surface area contributed by atoms with Crippen molar-refractivity contribution in [3.63, 3.8) is 0 Å². The van der Waals surface area contributed by atoms with Crippen molar-refractivity contribution >= 4 is 11.6 Å². The molecule has 1 rings (SSSR count). The van der Waals surface area contributed by atoms with Gasteiger partial charge in [-0.25, -0.2) is 0 Å². The molecule has 0 aromatic heterocycles. The quantitative estimate of drug-likeness (QED) is 0.859. The summed E-state index contributed by atoms with van der Waals surface area (Å²) in [5, 5.41) is 9.61. The van der Waals surface area contributed by atoms with Crippen molar-refractivity contribution in [3.8, 4) is 5.75 Å². The van der Waals surface area contributed by atoms with Gasteiger partial charge in [0.05, 0.1) is 12.1 Å². The molecule has 1 N–H and O–H groups in total. The molecule has 3 heteroatoms. The minimum Gasteiger partial charge on any atom is -0.495 e. The van der Waals surface area contributed by atoms with Gasteiger partial charge in [0.25, 0.3) is 0 Å². The molecule has 0 aliphatic carbocycles. The molecule has 0 saturated heterocycles. The van der Waals surface area contributed by atoms with E-state index in [1.165, 1.54) is 5.56 Å². The second kappa shape index (κ2) is 5.55. The highest BCUT2D eigenvalue weighted by molar-refractivity contribution is 6.32. The Morgan fingerprint density at radius 1 is 1.38 bits per heavy atom. The molecule has 0 unspecified atom stereocenters. The van der Waals surface area contributed by atoms with E-state index < -0.39 is 0 Å². The van der Waals surface area contributed by atoms with Crippen LogP contribution in [0.3, 0.4) is 0 Å². The van der Waals surface area contributed by atoms with Gasteiger partial charge in [-0.15, -0.1) is 0 Å². The number of halogens is 1. The summed E-state index contributed by atoms with van der Waals surface area (Å²) >= 11 is 6.06.